The maximum absolute atomic E-state index is 6.02. The SMILES string of the molecule is CCCNCC(C)COc1cccc2c1OC(C)(C)C2. The minimum atomic E-state index is -0.115. The van der Waals surface area contributed by atoms with Gasteiger partial charge in [0.15, 0.2) is 11.5 Å². The van der Waals surface area contributed by atoms with Crippen LogP contribution in [0.2, 0.25) is 0 Å². The molecule has 0 saturated heterocycles. The molecule has 1 unspecified atom stereocenters. The molecule has 0 aromatic heterocycles. The summed E-state index contributed by atoms with van der Waals surface area (Å²) in [7, 11) is 0. The second-order valence-electron chi connectivity index (χ2n) is 6.40. The smallest absolute Gasteiger partial charge is 0.165 e. The highest BCUT2D eigenvalue weighted by Gasteiger charge is 2.32. The van der Waals surface area contributed by atoms with E-state index in [1.165, 1.54) is 12.0 Å². The van der Waals surface area contributed by atoms with E-state index in [2.05, 4.69) is 45.1 Å². The molecule has 0 saturated carbocycles. The zero-order valence-corrected chi connectivity index (χ0v) is 13.2. The van der Waals surface area contributed by atoms with Gasteiger partial charge in [-0.25, -0.2) is 0 Å². The van der Waals surface area contributed by atoms with Crippen molar-refractivity contribution in [1.82, 2.24) is 5.32 Å². The van der Waals surface area contributed by atoms with Crippen LogP contribution < -0.4 is 14.8 Å². The first-order chi connectivity index (χ1) is 9.52. The summed E-state index contributed by atoms with van der Waals surface area (Å²) in [6, 6.07) is 6.19. The van der Waals surface area contributed by atoms with Gasteiger partial charge in [0.2, 0.25) is 0 Å². The van der Waals surface area contributed by atoms with E-state index >= 15 is 0 Å². The molecule has 0 bridgehead atoms. The second-order valence-corrected chi connectivity index (χ2v) is 6.40. The average molecular weight is 277 g/mol. The van der Waals surface area contributed by atoms with Gasteiger partial charge in [-0.15, -0.1) is 0 Å². The van der Waals surface area contributed by atoms with Crippen LogP contribution in [0.3, 0.4) is 0 Å². The molecule has 1 aliphatic heterocycles. The molecular formula is C17H27NO2. The van der Waals surface area contributed by atoms with Crippen molar-refractivity contribution in [3.8, 4) is 11.5 Å². The summed E-state index contributed by atoms with van der Waals surface area (Å²) >= 11 is 0. The highest BCUT2D eigenvalue weighted by molar-refractivity contribution is 5.50. The fourth-order valence-corrected chi connectivity index (χ4v) is 2.52. The molecule has 1 aromatic carbocycles. The molecule has 1 heterocycles. The quantitative estimate of drug-likeness (QED) is 0.775. The number of ether oxygens (including phenoxy) is 2. The van der Waals surface area contributed by atoms with E-state index in [0.717, 1.165) is 37.6 Å². The molecule has 0 aliphatic carbocycles. The lowest BCUT2D eigenvalue weighted by Crippen LogP contribution is -2.26. The van der Waals surface area contributed by atoms with Gasteiger partial charge < -0.3 is 14.8 Å². The van der Waals surface area contributed by atoms with E-state index in [0.29, 0.717) is 5.92 Å². The van der Waals surface area contributed by atoms with Crippen molar-refractivity contribution < 1.29 is 9.47 Å². The summed E-state index contributed by atoms with van der Waals surface area (Å²) in [4.78, 5) is 0. The van der Waals surface area contributed by atoms with Crippen LogP contribution in [-0.4, -0.2) is 25.3 Å². The Morgan fingerprint density at radius 1 is 1.40 bits per heavy atom. The first-order valence-corrected chi connectivity index (χ1v) is 7.66. The summed E-state index contributed by atoms with van der Waals surface area (Å²) in [5.41, 5.74) is 1.14. The summed E-state index contributed by atoms with van der Waals surface area (Å²) in [5, 5.41) is 3.43. The molecule has 1 N–H and O–H groups in total. The Morgan fingerprint density at radius 2 is 2.20 bits per heavy atom. The van der Waals surface area contributed by atoms with Crippen molar-refractivity contribution in [2.24, 2.45) is 5.92 Å². The van der Waals surface area contributed by atoms with Gasteiger partial charge in [-0.2, -0.15) is 0 Å². The molecule has 0 radical (unpaired) electrons. The third-order valence-corrected chi connectivity index (χ3v) is 3.50. The molecule has 0 fully saturated rings. The fraction of sp³-hybridized carbons (Fsp3) is 0.647. The standard InChI is InChI=1S/C17H27NO2/c1-5-9-18-11-13(2)12-19-15-8-6-7-14-10-17(3,4)20-16(14)15/h6-8,13,18H,5,9-12H2,1-4H3. The first kappa shape index (κ1) is 15.2. The number of nitrogens with one attached hydrogen (secondary N) is 1. The molecule has 0 amide bonds. The van der Waals surface area contributed by atoms with E-state index in [1.807, 2.05) is 6.07 Å². The Bertz CT molecular complexity index is 443. The van der Waals surface area contributed by atoms with Gasteiger partial charge in [0.25, 0.3) is 0 Å². The van der Waals surface area contributed by atoms with Crippen LogP contribution in [-0.2, 0) is 6.42 Å². The normalized spacial score (nSPS) is 17.4. The fourth-order valence-electron chi connectivity index (χ4n) is 2.52. The third kappa shape index (κ3) is 3.89. The van der Waals surface area contributed by atoms with E-state index in [9.17, 15) is 0 Å². The Kier molecular flexibility index (Phi) is 4.92. The summed E-state index contributed by atoms with van der Waals surface area (Å²) in [5.74, 6) is 2.31. The zero-order chi connectivity index (χ0) is 14.6. The summed E-state index contributed by atoms with van der Waals surface area (Å²) in [6.45, 7) is 11.4. The maximum atomic E-state index is 6.02. The van der Waals surface area contributed by atoms with Crippen molar-refractivity contribution in [2.45, 2.75) is 46.1 Å². The number of benzene rings is 1. The van der Waals surface area contributed by atoms with Crippen molar-refractivity contribution in [1.29, 1.82) is 0 Å². The Hall–Kier alpha value is -1.22. The lowest BCUT2D eigenvalue weighted by Gasteiger charge is -2.19. The first-order valence-electron chi connectivity index (χ1n) is 7.66. The lowest BCUT2D eigenvalue weighted by molar-refractivity contribution is 0.130. The van der Waals surface area contributed by atoms with Crippen LogP contribution in [0.4, 0.5) is 0 Å². The molecule has 1 aromatic rings. The largest absolute Gasteiger partial charge is 0.489 e. The predicted molar refractivity (Wildman–Crippen MR) is 82.7 cm³/mol. The highest BCUT2D eigenvalue weighted by Crippen LogP contribution is 2.41. The number of fused-ring (bicyclic) bond motifs is 1. The van der Waals surface area contributed by atoms with Crippen LogP contribution in [0.1, 0.15) is 39.7 Å². The number of rotatable bonds is 7. The Balaban J connectivity index is 1.90. The maximum Gasteiger partial charge on any atom is 0.165 e. The predicted octanol–water partition coefficient (Wildman–Crippen LogP) is 3.41. The number of hydrogen-bond acceptors (Lipinski definition) is 3. The van der Waals surface area contributed by atoms with E-state index < -0.39 is 0 Å². The van der Waals surface area contributed by atoms with Crippen LogP contribution in [0, 0.1) is 5.92 Å². The molecule has 1 atom stereocenters. The van der Waals surface area contributed by atoms with Gasteiger partial charge in [-0.1, -0.05) is 26.0 Å². The van der Waals surface area contributed by atoms with Gasteiger partial charge in [0, 0.05) is 24.4 Å². The van der Waals surface area contributed by atoms with Crippen molar-refractivity contribution in [2.75, 3.05) is 19.7 Å². The lowest BCUT2D eigenvalue weighted by atomic mass is 10.0. The van der Waals surface area contributed by atoms with Gasteiger partial charge in [-0.3, -0.25) is 0 Å². The van der Waals surface area contributed by atoms with Crippen LogP contribution in [0.5, 0.6) is 11.5 Å². The molecule has 1 aliphatic rings. The van der Waals surface area contributed by atoms with E-state index in [1.54, 1.807) is 0 Å². The minimum absolute atomic E-state index is 0.115. The minimum Gasteiger partial charge on any atom is -0.489 e. The second kappa shape index (κ2) is 6.49. The average Bonchev–Trinajstić information content (AvgIpc) is 2.71. The molecule has 2 rings (SSSR count). The third-order valence-electron chi connectivity index (χ3n) is 3.50. The molecular weight excluding hydrogens is 250 g/mol. The van der Waals surface area contributed by atoms with Crippen LogP contribution in [0.25, 0.3) is 0 Å². The number of hydrogen-bond donors (Lipinski definition) is 1. The number of para-hydroxylation sites is 1. The Labute approximate surface area is 122 Å². The van der Waals surface area contributed by atoms with Gasteiger partial charge in [-0.05, 0) is 32.9 Å². The highest BCUT2D eigenvalue weighted by atomic mass is 16.5. The summed E-state index contributed by atoms with van der Waals surface area (Å²) < 4.78 is 12.0. The van der Waals surface area contributed by atoms with Crippen molar-refractivity contribution in [3.63, 3.8) is 0 Å². The van der Waals surface area contributed by atoms with E-state index in [-0.39, 0.29) is 5.60 Å². The van der Waals surface area contributed by atoms with Crippen LogP contribution >= 0.6 is 0 Å². The summed E-state index contributed by atoms with van der Waals surface area (Å²) in [6.07, 6.45) is 2.12. The zero-order valence-electron chi connectivity index (χ0n) is 13.2. The monoisotopic (exact) mass is 277 g/mol. The van der Waals surface area contributed by atoms with Crippen molar-refractivity contribution >= 4 is 0 Å². The van der Waals surface area contributed by atoms with E-state index in [4.69, 9.17) is 9.47 Å². The van der Waals surface area contributed by atoms with Gasteiger partial charge >= 0.3 is 0 Å². The van der Waals surface area contributed by atoms with Crippen molar-refractivity contribution in [3.05, 3.63) is 23.8 Å². The van der Waals surface area contributed by atoms with Gasteiger partial charge in [0.1, 0.15) is 5.60 Å². The molecule has 0 spiro atoms. The van der Waals surface area contributed by atoms with Gasteiger partial charge in [0.05, 0.1) is 6.61 Å². The molecule has 3 nitrogen and oxygen atoms in total. The molecule has 3 heteroatoms. The Morgan fingerprint density at radius 3 is 2.95 bits per heavy atom. The van der Waals surface area contributed by atoms with Crippen LogP contribution in [0.15, 0.2) is 18.2 Å². The molecule has 112 valence electrons. The molecule has 20 heavy (non-hydrogen) atoms. The topological polar surface area (TPSA) is 30.5 Å².